The molecule has 3 aromatic rings. The number of H-pyrrole nitrogens is 1. The SMILES string of the molecule is Cc1cc(CNC(=O)c2ccc(-c3ccco3)[nH]c2=O)no1. The maximum Gasteiger partial charge on any atom is 0.261 e. The molecule has 3 rings (SSSR count). The lowest BCUT2D eigenvalue weighted by Gasteiger charge is -2.03. The van der Waals surface area contributed by atoms with Crippen molar-refractivity contribution >= 4 is 5.91 Å². The second kappa shape index (κ2) is 5.72. The largest absolute Gasteiger partial charge is 0.463 e. The predicted octanol–water partition coefficient (Wildman–Crippen LogP) is 1.86. The van der Waals surface area contributed by atoms with E-state index in [4.69, 9.17) is 8.94 Å². The van der Waals surface area contributed by atoms with Crippen molar-refractivity contribution in [1.29, 1.82) is 0 Å². The van der Waals surface area contributed by atoms with Gasteiger partial charge in [-0.25, -0.2) is 0 Å². The summed E-state index contributed by atoms with van der Waals surface area (Å²) in [6.45, 7) is 1.95. The molecule has 0 radical (unpaired) electrons. The Balaban J connectivity index is 1.74. The highest BCUT2D eigenvalue weighted by Gasteiger charge is 2.12. The van der Waals surface area contributed by atoms with E-state index in [2.05, 4.69) is 15.5 Å². The van der Waals surface area contributed by atoms with E-state index in [9.17, 15) is 9.59 Å². The highest BCUT2D eigenvalue weighted by molar-refractivity contribution is 5.93. The minimum Gasteiger partial charge on any atom is -0.463 e. The monoisotopic (exact) mass is 299 g/mol. The van der Waals surface area contributed by atoms with E-state index in [0.29, 0.717) is 22.9 Å². The summed E-state index contributed by atoms with van der Waals surface area (Å²) < 4.78 is 10.1. The van der Waals surface area contributed by atoms with E-state index in [0.717, 1.165) is 0 Å². The lowest BCUT2D eigenvalue weighted by atomic mass is 10.2. The molecule has 0 aliphatic carbocycles. The van der Waals surface area contributed by atoms with Crippen LogP contribution in [-0.4, -0.2) is 16.0 Å². The van der Waals surface area contributed by atoms with Crippen LogP contribution >= 0.6 is 0 Å². The fraction of sp³-hybridized carbons (Fsp3) is 0.133. The van der Waals surface area contributed by atoms with E-state index >= 15 is 0 Å². The van der Waals surface area contributed by atoms with Crippen LogP contribution in [0.15, 0.2) is 50.3 Å². The van der Waals surface area contributed by atoms with Crippen LogP contribution in [0.3, 0.4) is 0 Å². The van der Waals surface area contributed by atoms with Gasteiger partial charge in [-0.15, -0.1) is 0 Å². The lowest BCUT2D eigenvalue weighted by Crippen LogP contribution is -2.29. The standard InChI is InChI=1S/C15H13N3O4/c1-9-7-10(18-22-9)8-16-14(19)11-4-5-12(17-15(11)20)13-3-2-6-21-13/h2-7H,8H2,1H3,(H,16,19)(H,17,20). The summed E-state index contributed by atoms with van der Waals surface area (Å²) in [6.07, 6.45) is 1.51. The van der Waals surface area contributed by atoms with E-state index in [1.165, 1.54) is 12.3 Å². The second-order valence-electron chi connectivity index (χ2n) is 4.70. The Bertz CT molecular complexity index is 846. The maximum absolute atomic E-state index is 12.0. The van der Waals surface area contributed by atoms with Crippen molar-refractivity contribution in [2.75, 3.05) is 0 Å². The molecule has 0 unspecified atom stereocenters. The molecule has 0 saturated heterocycles. The van der Waals surface area contributed by atoms with Crippen molar-refractivity contribution in [2.45, 2.75) is 13.5 Å². The first-order chi connectivity index (χ1) is 10.6. The number of nitrogens with zero attached hydrogens (tertiary/aromatic N) is 1. The van der Waals surface area contributed by atoms with Crippen molar-refractivity contribution < 1.29 is 13.7 Å². The number of carbonyl (C=O) groups excluding carboxylic acids is 1. The highest BCUT2D eigenvalue weighted by atomic mass is 16.5. The molecule has 0 saturated carbocycles. The number of hydrogen-bond donors (Lipinski definition) is 2. The molecular weight excluding hydrogens is 286 g/mol. The fourth-order valence-corrected chi connectivity index (χ4v) is 2.00. The van der Waals surface area contributed by atoms with Gasteiger partial charge in [0.25, 0.3) is 11.5 Å². The zero-order chi connectivity index (χ0) is 15.5. The number of aromatic amines is 1. The average Bonchev–Trinajstić information content (AvgIpc) is 3.16. The van der Waals surface area contributed by atoms with Gasteiger partial charge in [0.05, 0.1) is 18.5 Å². The van der Waals surface area contributed by atoms with Gasteiger partial charge < -0.3 is 19.2 Å². The van der Waals surface area contributed by atoms with Crippen LogP contribution in [0.1, 0.15) is 21.8 Å². The third-order valence-electron chi connectivity index (χ3n) is 3.05. The van der Waals surface area contributed by atoms with Crippen molar-refractivity contribution in [3.8, 4) is 11.5 Å². The minimum absolute atomic E-state index is 0.0236. The number of rotatable bonds is 4. The molecule has 112 valence electrons. The van der Waals surface area contributed by atoms with Crippen LogP contribution in [0.2, 0.25) is 0 Å². The van der Waals surface area contributed by atoms with Gasteiger partial charge in [0.15, 0.2) is 0 Å². The highest BCUT2D eigenvalue weighted by Crippen LogP contribution is 2.15. The van der Waals surface area contributed by atoms with Crippen LogP contribution in [0.4, 0.5) is 0 Å². The molecule has 3 heterocycles. The first-order valence-corrected chi connectivity index (χ1v) is 6.61. The lowest BCUT2D eigenvalue weighted by molar-refractivity contribution is 0.0948. The van der Waals surface area contributed by atoms with Crippen LogP contribution in [0.5, 0.6) is 0 Å². The van der Waals surface area contributed by atoms with Crippen LogP contribution < -0.4 is 10.9 Å². The summed E-state index contributed by atoms with van der Waals surface area (Å²) in [5.74, 6) is 0.708. The van der Waals surface area contributed by atoms with Gasteiger partial charge in [-0.05, 0) is 31.2 Å². The van der Waals surface area contributed by atoms with Gasteiger partial charge >= 0.3 is 0 Å². The third-order valence-corrected chi connectivity index (χ3v) is 3.05. The molecule has 2 N–H and O–H groups in total. The van der Waals surface area contributed by atoms with E-state index in [1.807, 2.05) is 0 Å². The summed E-state index contributed by atoms with van der Waals surface area (Å²) in [6, 6.07) is 8.23. The van der Waals surface area contributed by atoms with Crippen LogP contribution in [0, 0.1) is 6.92 Å². The molecule has 0 aromatic carbocycles. The van der Waals surface area contributed by atoms with Gasteiger partial charge in [-0.3, -0.25) is 9.59 Å². The van der Waals surface area contributed by atoms with Crippen molar-refractivity contribution in [3.05, 3.63) is 64.0 Å². The summed E-state index contributed by atoms with van der Waals surface area (Å²) in [5.41, 5.74) is 0.645. The van der Waals surface area contributed by atoms with Crippen molar-refractivity contribution in [1.82, 2.24) is 15.5 Å². The zero-order valence-electron chi connectivity index (χ0n) is 11.8. The minimum atomic E-state index is -0.484. The number of hydrogen-bond acceptors (Lipinski definition) is 5. The number of aromatic nitrogens is 2. The quantitative estimate of drug-likeness (QED) is 0.765. The zero-order valence-corrected chi connectivity index (χ0v) is 11.8. The summed E-state index contributed by atoms with van der Waals surface area (Å²) >= 11 is 0. The molecule has 0 spiro atoms. The van der Waals surface area contributed by atoms with E-state index in [1.54, 1.807) is 31.2 Å². The molecule has 7 heteroatoms. The Morgan fingerprint density at radius 2 is 2.23 bits per heavy atom. The normalized spacial score (nSPS) is 10.6. The molecule has 22 heavy (non-hydrogen) atoms. The number of amides is 1. The van der Waals surface area contributed by atoms with Crippen molar-refractivity contribution in [3.63, 3.8) is 0 Å². The summed E-state index contributed by atoms with van der Waals surface area (Å²) in [4.78, 5) is 26.6. The van der Waals surface area contributed by atoms with E-state index in [-0.39, 0.29) is 12.1 Å². The van der Waals surface area contributed by atoms with Gasteiger partial charge in [0.1, 0.15) is 22.8 Å². The summed E-state index contributed by atoms with van der Waals surface area (Å²) in [5, 5.41) is 6.38. The molecule has 0 atom stereocenters. The van der Waals surface area contributed by atoms with Crippen LogP contribution in [0.25, 0.3) is 11.5 Å². The fourth-order valence-electron chi connectivity index (χ4n) is 2.00. The molecule has 3 aromatic heterocycles. The Labute approximate surface area is 124 Å². The number of carbonyl (C=O) groups is 1. The molecule has 0 aliphatic rings. The van der Waals surface area contributed by atoms with Crippen molar-refractivity contribution in [2.24, 2.45) is 0 Å². The topological polar surface area (TPSA) is 101 Å². The smallest absolute Gasteiger partial charge is 0.261 e. The van der Waals surface area contributed by atoms with Gasteiger partial charge in [0, 0.05) is 6.07 Å². The number of nitrogens with one attached hydrogen (secondary N) is 2. The Morgan fingerprint density at radius 3 is 2.86 bits per heavy atom. The maximum atomic E-state index is 12.0. The van der Waals surface area contributed by atoms with Gasteiger partial charge in [0.2, 0.25) is 0 Å². The third kappa shape index (κ3) is 2.83. The predicted molar refractivity (Wildman–Crippen MR) is 77.2 cm³/mol. The number of aryl methyl sites for hydroxylation is 1. The molecule has 1 amide bonds. The second-order valence-corrected chi connectivity index (χ2v) is 4.70. The molecule has 0 fully saturated rings. The Morgan fingerprint density at radius 1 is 1.36 bits per heavy atom. The molecule has 0 bridgehead atoms. The summed E-state index contributed by atoms with van der Waals surface area (Å²) in [7, 11) is 0. The van der Waals surface area contributed by atoms with Gasteiger partial charge in [-0.1, -0.05) is 5.16 Å². The van der Waals surface area contributed by atoms with Crippen LogP contribution in [-0.2, 0) is 6.54 Å². The first-order valence-electron chi connectivity index (χ1n) is 6.61. The molecule has 0 aliphatic heterocycles. The molecule has 7 nitrogen and oxygen atoms in total. The van der Waals surface area contributed by atoms with E-state index < -0.39 is 11.5 Å². The average molecular weight is 299 g/mol. The number of furan rings is 1. The van der Waals surface area contributed by atoms with Gasteiger partial charge in [-0.2, -0.15) is 0 Å². The Hall–Kier alpha value is -3.09. The molecular formula is C15H13N3O4. The first kappa shape index (κ1) is 13.9. The number of pyridine rings is 1. The Kier molecular flexibility index (Phi) is 3.61.